The molecular formula is C20H19N5O2S. The first kappa shape index (κ1) is 18.1. The monoisotopic (exact) mass is 393 g/mol. The van der Waals surface area contributed by atoms with E-state index >= 15 is 0 Å². The molecule has 0 saturated carbocycles. The van der Waals surface area contributed by atoms with E-state index in [-0.39, 0.29) is 5.56 Å². The van der Waals surface area contributed by atoms with E-state index in [9.17, 15) is 9.00 Å². The Balaban J connectivity index is 1.47. The van der Waals surface area contributed by atoms with E-state index in [1.807, 2.05) is 60.7 Å². The second kappa shape index (κ2) is 8.18. The van der Waals surface area contributed by atoms with Crippen LogP contribution in [0, 0.1) is 0 Å². The molecule has 0 bridgehead atoms. The fourth-order valence-electron chi connectivity index (χ4n) is 2.88. The molecule has 8 heteroatoms. The molecule has 0 fully saturated rings. The molecular weight excluding hydrogens is 374 g/mol. The molecule has 1 unspecified atom stereocenters. The molecule has 1 atom stereocenters. The molecule has 0 spiro atoms. The molecule has 2 N–H and O–H groups in total. The van der Waals surface area contributed by atoms with Crippen molar-refractivity contribution in [2.45, 2.75) is 5.75 Å². The topological polar surface area (TPSA) is 92.7 Å². The molecule has 0 aliphatic heterocycles. The van der Waals surface area contributed by atoms with Crippen molar-refractivity contribution in [3.8, 4) is 5.69 Å². The van der Waals surface area contributed by atoms with Crippen molar-refractivity contribution in [2.75, 3.05) is 17.6 Å². The van der Waals surface area contributed by atoms with Gasteiger partial charge in [-0.15, -0.1) is 0 Å². The summed E-state index contributed by atoms with van der Waals surface area (Å²) in [5.41, 5.74) is 2.08. The minimum Gasteiger partial charge on any atom is -0.355 e. The first-order chi connectivity index (χ1) is 13.7. The number of hydrogen-bond acceptors (Lipinski definition) is 5. The summed E-state index contributed by atoms with van der Waals surface area (Å²) in [5.74, 6) is 1.30. The van der Waals surface area contributed by atoms with E-state index in [1.165, 1.54) is 6.20 Å². The molecule has 2 heterocycles. The van der Waals surface area contributed by atoms with E-state index in [0.29, 0.717) is 35.0 Å². The van der Waals surface area contributed by atoms with Gasteiger partial charge in [0, 0.05) is 28.9 Å². The molecule has 0 amide bonds. The van der Waals surface area contributed by atoms with Crippen LogP contribution in [0.1, 0.15) is 5.56 Å². The molecule has 0 aliphatic rings. The van der Waals surface area contributed by atoms with Gasteiger partial charge < -0.3 is 5.32 Å². The summed E-state index contributed by atoms with van der Waals surface area (Å²) >= 11 is 0. The number of nitrogens with zero attached hydrogens (tertiary/aromatic N) is 3. The quantitative estimate of drug-likeness (QED) is 0.503. The molecule has 2 aromatic carbocycles. The fourth-order valence-corrected chi connectivity index (χ4v) is 3.91. The highest BCUT2D eigenvalue weighted by atomic mass is 32.2. The SMILES string of the molecule is O=c1[nH]c(NCCS(=O)Cc2ccccc2)nc2c1cnn2-c1ccccc1. The zero-order valence-corrected chi connectivity index (χ0v) is 15.9. The molecule has 28 heavy (non-hydrogen) atoms. The number of H-pyrrole nitrogens is 1. The third-order valence-electron chi connectivity index (χ3n) is 4.23. The summed E-state index contributed by atoms with van der Waals surface area (Å²) in [7, 11) is -1.00. The van der Waals surface area contributed by atoms with Crippen LogP contribution in [-0.4, -0.2) is 36.3 Å². The average Bonchev–Trinajstić information content (AvgIpc) is 3.14. The number of fused-ring (bicyclic) bond motifs is 1. The lowest BCUT2D eigenvalue weighted by Gasteiger charge is -2.07. The Morgan fingerprint density at radius 2 is 1.75 bits per heavy atom. The van der Waals surface area contributed by atoms with E-state index < -0.39 is 10.8 Å². The van der Waals surface area contributed by atoms with Crippen LogP contribution in [0.15, 0.2) is 71.7 Å². The van der Waals surface area contributed by atoms with Gasteiger partial charge in [0.15, 0.2) is 5.65 Å². The summed E-state index contributed by atoms with van der Waals surface area (Å²) in [4.78, 5) is 19.5. The zero-order valence-electron chi connectivity index (χ0n) is 15.0. The van der Waals surface area contributed by atoms with E-state index in [1.54, 1.807) is 4.68 Å². The van der Waals surface area contributed by atoms with Crippen LogP contribution in [0.2, 0.25) is 0 Å². The maximum absolute atomic E-state index is 12.3. The maximum Gasteiger partial charge on any atom is 0.263 e. The first-order valence-electron chi connectivity index (χ1n) is 8.87. The Hall–Kier alpha value is -3.26. The van der Waals surface area contributed by atoms with Crippen molar-refractivity contribution < 1.29 is 4.21 Å². The van der Waals surface area contributed by atoms with Crippen LogP contribution in [0.4, 0.5) is 5.95 Å². The van der Waals surface area contributed by atoms with E-state index in [0.717, 1.165) is 11.3 Å². The number of para-hydroxylation sites is 1. The number of anilines is 1. The van der Waals surface area contributed by atoms with Crippen molar-refractivity contribution >= 4 is 27.8 Å². The lowest BCUT2D eigenvalue weighted by Crippen LogP contribution is -2.17. The van der Waals surface area contributed by atoms with Crippen LogP contribution >= 0.6 is 0 Å². The average molecular weight is 393 g/mol. The van der Waals surface area contributed by atoms with Gasteiger partial charge in [0.1, 0.15) is 5.39 Å². The highest BCUT2D eigenvalue weighted by Crippen LogP contribution is 2.14. The third kappa shape index (κ3) is 4.01. The molecule has 4 aromatic rings. The Bertz CT molecular complexity index is 1160. The number of rotatable bonds is 7. The van der Waals surface area contributed by atoms with Crippen molar-refractivity contribution in [3.63, 3.8) is 0 Å². The minimum absolute atomic E-state index is 0.264. The van der Waals surface area contributed by atoms with Gasteiger partial charge in [0.05, 0.1) is 11.9 Å². The van der Waals surface area contributed by atoms with Crippen molar-refractivity contribution in [3.05, 3.63) is 82.8 Å². The Morgan fingerprint density at radius 1 is 1.04 bits per heavy atom. The van der Waals surface area contributed by atoms with E-state index in [4.69, 9.17) is 0 Å². The molecule has 7 nitrogen and oxygen atoms in total. The number of benzene rings is 2. The fraction of sp³-hybridized carbons (Fsp3) is 0.150. The van der Waals surface area contributed by atoms with Gasteiger partial charge in [-0.25, -0.2) is 4.68 Å². The molecule has 4 rings (SSSR count). The van der Waals surface area contributed by atoms with Crippen LogP contribution in [0.3, 0.4) is 0 Å². The predicted molar refractivity (Wildman–Crippen MR) is 111 cm³/mol. The van der Waals surface area contributed by atoms with Gasteiger partial charge in [-0.3, -0.25) is 14.0 Å². The Morgan fingerprint density at radius 3 is 2.50 bits per heavy atom. The van der Waals surface area contributed by atoms with Crippen molar-refractivity contribution in [1.29, 1.82) is 0 Å². The third-order valence-corrected chi connectivity index (χ3v) is 5.55. The Kier molecular flexibility index (Phi) is 5.29. The maximum atomic E-state index is 12.3. The van der Waals surface area contributed by atoms with Gasteiger partial charge in [-0.05, 0) is 17.7 Å². The lowest BCUT2D eigenvalue weighted by molar-refractivity contribution is 0.682. The standard InChI is InChI=1S/C20H19N5O2S/c26-19-17-13-22-25(16-9-5-2-6-10-16)18(17)23-20(24-19)21-11-12-28(27)14-15-7-3-1-4-8-15/h1-10,13H,11-12,14H2,(H2,21,23,24,26). The van der Waals surface area contributed by atoms with Gasteiger partial charge in [-0.1, -0.05) is 48.5 Å². The van der Waals surface area contributed by atoms with Gasteiger partial charge >= 0.3 is 0 Å². The van der Waals surface area contributed by atoms with Crippen LogP contribution in [-0.2, 0) is 16.6 Å². The van der Waals surface area contributed by atoms with Crippen LogP contribution < -0.4 is 10.9 Å². The number of nitrogens with one attached hydrogen (secondary N) is 2. The minimum atomic E-state index is -1.00. The summed E-state index contributed by atoms with van der Waals surface area (Å²) in [6.45, 7) is 0.438. The number of hydrogen-bond donors (Lipinski definition) is 2. The second-order valence-corrected chi connectivity index (χ2v) is 7.82. The molecule has 2 aromatic heterocycles. The smallest absolute Gasteiger partial charge is 0.263 e. The van der Waals surface area contributed by atoms with Crippen LogP contribution in [0.25, 0.3) is 16.7 Å². The predicted octanol–water partition coefficient (Wildman–Crippen LogP) is 2.47. The molecule has 0 saturated heterocycles. The van der Waals surface area contributed by atoms with Gasteiger partial charge in [0.2, 0.25) is 5.95 Å². The molecule has 142 valence electrons. The van der Waals surface area contributed by atoms with Crippen molar-refractivity contribution in [1.82, 2.24) is 19.7 Å². The normalized spacial score (nSPS) is 12.1. The van der Waals surface area contributed by atoms with Gasteiger partial charge in [0.25, 0.3) is 5.56 Å². The second-order valence-electron chi connectivity index (χ2n) is 6.24. The summed E-state index contributed by atoms with van der Waals surface area (Å²) in [6, 6.07) is 19.2. The van der Waals surface area contributed by atoms with E-state index in [2.05, 4.69) is 20.4 Å². The largest absolute Gasteiger partial charge is 0.355 e. The van der Waals surface area contributed by atoms with Crippen LogP contribution in [0.5, 0.6) is 0 Å². The number of aromatic nitrogens is 4. The highest BCUT2D eigenvalue weighted by Gasteiger charge is 2.11. The first-order valence-corrected chi connectivity index (χ1v) is 10.4. The highest BCUT2D eigenvalue weighted by molar-refractivity contribution is 7.84. The summed E-state index contributed by atoms with van der Waals surface area (Å²) in [6.07, 6.45) is 1.51. The Labute approximate surface area is 163 Å². The zero-order chi connectivity index (χ0) is 19.3. The van der Waals surface area contributed by atoms with Gasteiger partial charge in [-0.2, -0.15) is 10.1 Å². The summed E-state index contributed by atoms with van der Waals surface area (Å²) in [5, 5.41) is 7.76. The lowest BCUT2D eigenvalue weighted by atomic mass is 10.2. The molecule has 0 aliphatic carbocycles. The van der Waals surface area contributed by atoms with Crippen molar-refractivity contribution in [2.24, 2.45) is 0 Å². The summed E-state index contributed by atoms with van der Waals surface area (Å²) < 4.78 is 13.9. The number of aromatic amines is 1. The molecule has 0 radical (unpaired) electrons.